The average molecular weight is 1960 g/mol. The number of likely N-dealkylation sites (tertiary alicyclic amines) is 1. The molecule has 5 aliphatic heterocycles. The van der Waals surface area contributed by atoms with Crippen LogP contribution in [-0.2, 0) is 132 Å². The summed E-state index contributed by atoms with van der Waals surface area (Å²) in [4.78, 5) is 175. The van der Waals surface area contributed by atoms with Crippen molar-refractivity contribution in [1.29, 1.82) is 0 Å². The molecule has 47 nitrogen and oxygen atoms in total. The quantitative estimate of drug-likeness (QED) is 0.0128. The van der Waals surface area contributed by atoms with Crippen molar-refractivity contribution in [3.05, 3.63) is 69.8 Å². The summed E-state index contributed by atoms with van der Waals surface area (Å²) in [7, 11) is 1.50. The Labute approximate surface area is 792 Å². The molecule has 137 heavy (non-hydrogen) atoms. The van der Waals surface area contributed by atoms with Crippen LogP contribution in [0.4, 0.5) is 0 Å². The second-order valence-electron chi connectivity index (χ2n) is 34.7. The number of aliphatic hydroxyl groups is 10. The second-order valence-corrected chi connectivity index (χ2v) is 34.7. The van der Waals surface area contributed by atoms with E-state index in [1.165, 1.54) is 76.1 Å². The van der Waals surface area contributed by atoms with Crippen LogP contribution < -0.4 is 37.2 Å². The zero-order chi connectivity index (χ0) is 101. The smallest absolute Gasteiger partial charge is 0.303 e. The van der Waals surface area contributed by atoms with Crippen molar-refractivity contribution in [2.75, 3.05) is 152 Å². The average Bonchev–Trinajstić information content (AvgIpc) is 1.60. The number of hydrogen-bond acceptors (Lipinski definition) is 39. The van der Waals surface area contributed by atoms with Crippen LogP contribution in [0, 0.1) is 22.7 Å². The summed E-state index contributed by atoms with van der Waals surface area (Å²) in [5.74, 6) is -9.73. The fourth-order valence-corrected chi connectivity index (χ4v) is 16.1. The van der Waals surface area contributed by atoms with Gasteiger partial charge in [-0.3, -0.25) is 62.3 Å². The number of ether oxygens (including phenoxy) is 16. The SMILES string of the molecule is COC[C@@]1(C)CN(C(=O)CCC(=O)N[C@@H](CCC(=O)NCc2ccc(C(=O)NCCOCCOC3O[C@H](COC(C)=O)[C@H](OC(C)=O)[C@H](OC(C)=O)[C@H]3C)c(C(=O)CCCOCCOC3O[C@H](CO)[C@H](O)[C@H](O)[C@H]3NC(C)=O)c2)C(=O)NCc2ccc(C(=O)NCCOCCOC3O[C@H](CO)[C@H](O)[C@H](O)[C@H]3C)c(C(=O)CCCOCCOC3O[C@H](CO)[C@H](O)[C@H](O)[C@H]3NC(C)=O)c2)C[C@@]1(C)CO. The summed E-state index contributed by atoms with van der Waals surface area (Å²) in [6, 6.07) is 4.57. The molecule has 8 amide bonds. The van der Waals surface area contributed by atoms with Gasteiger partial charge in [-0.05, 0) is 54.7 Å². The number of nitrogens with zero attached hydrogens (tertiary/aromatic N) is 1. The zero-order valence-electron chi connectivity index (χ0n) is 79.0. The van der Waals surface area contributed by atoms with Crippen LogP contribution in [0.15, 0.2) is 36.4 Å². The molecule has 5 heterocycles. The first-order chi connectivity index (χ1) is 65.2. The second kappa shape index (κ2) is 57.7. The molecular weight excluding hydrogens is 1820 g/mol. The predicted octanol–water partition coefficient (Wildman–Crippen LogP) is -4.57. The molecule has 772 valence electrons. The highest BCUT2D eigenvalue weighted by molar-refractivity contribution is 6.09. The molecule has 5 fully saturated rings. The minimum Gasteiger partial charge on any atom is -0.463 e. The molecule has 2 aromatic rings. The van der Waals surface area contributed by atoms with Crippen molar-refractivity contribution in [3.8, 4) is 0 Å². The van der Waals surface area contributed by atoms with E-state index < -0.39 is 249 Å². The molecule has 0 aromatic heterocycles. The third kappa shape index (κ3) is 35.0. The first kappa shape index (κ1) is 115. The van der Waals surface area contributed by atoms with Crippen LogP contribution in [0.2, 0.25) is 0 Å². The van der Waals surface area contributed by atoms with Gasteiger partial charge in [0.1, 0.15) is 85.8 Å². The van der Waals surface area contributed by atoms with Gasteiger partial charge in [0, 0.05) is 160 Å². The number of carbonyl (C=O) groups is 13. The largest absolute Gasteiger partial charge is 0.463 e. The third-order valence-corrected chi connectivity index (χ3v) is 24.0. The van der Waals surface area contributed by atoms with Crippen molar-refractivity contribution in [3.63, 3.8) is 0 Å². The maximum absolute atomic E-state index is 14.6. The highest BCUT2D eigenvalue weighted by atomic mass is 16.7. The standard InChI is InChI=1S/C90H138N8O39/c1-49-74(113)75(114)65(41-99)134-85(49)127-33-31-125-27-23-92-83(120)59-18-16-57(38-61(59)64(109)14-12-26-124-30-36-130-88-73(96-52(4)104)79(118)77(116)67(43-101)136-88)40-94-84(121)62(97-70(111)21-22-71(112)98-45-89(8,47-102)90(9,46-98)48-122-10)19-20-69(110)93-39-56-15-17-58(60(37-56)63(108)13-11-25-123-29-35-129-87-72(95-51(3)103)78(117)76(115)66(42-100)135-87)82(119)91-24-28-126-32-34-128-86-50(2)80(132-54(6)106)81(133-55(7)107)68(137-86)44-131-53(5)105/h15-18,37-38,49-50,62,65-68,72-81,85-88,99-102,113-118H,11-14,19-36,39-48H2,1-10H3,(H,91,119)(H,92,120)(H,93,110)(H,94,121)(H,95,103)(H,96,104)(H,97,111)/t49-,50-,62+,65-,66-,67-,68-,72-,73-,74-,75+,76+,77+,78-,79-,80-,81+,85?,86?,87?,88?,89+,90-/m1/s1. The Hall–Kier alpha value is -8.97. The number of rotatable bonds is 58. The number of ketones is 2. The fourth-order valence-electron chi connectivity index (χ4n) is 16.1. The number of benzene rings is 2. The number of methoxy groups -OCH3 is 1. The van der Waals surface area contributed by atoms with Crippen molar-refractivity contribution in [2.45, 2.75) is 243 Å². The Morgan fingerprint density at radius 2 is 0.883 bits per heavy atom. The van der Waals surface area contributed by atoms with E-state index in [1.807, 2.05) is 13.8 Å². The Balaban J connectivity index is 1.04. The normalized spacial score (nSPS) is 27.8. The van der Waals surface area contributed by atoms with Crippen molar-refractivity contribution >= 4 is 76.7 Å². The predicted molar refractivity (Wildman–Crippen MR) is 471 cm³/mol. The molecule has 0 radical (unpaired) electrons. The summed E-state index contributed by atoms with van der Waals surface area (Å²) >= 11 is 0. The molecule has 7 rings (SSSR count). The van der Waals surface area contributed by atoms with E-state index in [4.69, 9.17) is 75.8 Å². The minimum absolute atomic E-state index is 0.0129. The molecule has 2 aromatic carbocycles. The van der Waals surface area contributed by atoms with E-state index in [2.05, 4.69) is 37.2 Å². The topological polar surface area (TPSA) is 659 Å². The lowest BCUT2D eigenvalue weighted by atomic mass is 9.69. The minimum atomic E-state index is -1.56. The number of esters is 3. The van der Waals surface area contributed by atoms with Gasteiger partial charge in [-0.25, -0.2) is 0 Å². The van der Waals surface area contributed by atoms with E-state index in [0.717, 1.165) is 6.92 Å². The van der Waals surface area contributed by atoms with Crippen LogP contribution in [0.5, 0.6) is 0 Å². The van der Waals surface area contributed by atoms with Crippen molar-refractivity contribution in [2.24, 2.45) is 22.7 Å². The maximum Gasteiger partial charge on any atom is 0.303 e. The zero-order valence-corrected chi connectivity index (χ0v) is 79.0. The molecule has 0 aliphatic carbocycles. The molecular formula is C90H138N8O39. The number of amides is 8. The number of carbonyl (C=O) groups excluding carboxylic acids is 13. The monoisotopic (exact) mass is 1950 g/mol. The number of nitrogens with one attached hydrogen (secondary N) is 7. The number of Topliss-reactive ketones (excluding diaryl/α,β-unsaturated/α-hetero) is 2. The van der Waals surface area contributed by atoms with E-state index >= 15 is 0 Å². The van der Waals surface area contributed by atoms with Crippen LogP contribution in [0.25, 0.3) is 0 Å². The first-order valence-electron chi connectivity index (χ1n) is 45.6. The Morgan fingerprint density at radius 1 is 0.453 bits per heavy atom. The molecule has 4 unspecified atom stereocenters. The Kier molecular flexibility index (Phi) is 48.4. The van der Waals surface area contributed by atoms with Gasteiger partial charge < -0.3 is 169 Å². The lowest BCUT2D eigenvalue weighted by Gasteiger charge is -2.43. The highest BCUT2D eigenvalue weighted by Gasteiger charge is 2.54. The summed E-state index contributed by atoms with van der Waals surface area (Å²) in [6.07, 6.45) is -22.1. The molecule has 5 aliphatic rings. The first-order valence-corrected chi connectivity index (χ1v) is 45.6. The molecule has 0 bridgehead atoms. The molecule has 5 saturated heterocycles. The van der Waals surface area contributed by atoms with E-state index in [0.29, 0.717) is 5.56 Å². The van der Waals surface area contributed by atoms with E-state index in [1.54, 1.807) is 13.8 Å². The van der Waals surface area contributed by atoms with Gasteiger partial charge in [-0.15, -0.1) is 0 Å². The fraction of sp³-hybridized carbons (Fsp3) is 0.722. The van der Waals surface area contributed by atoms with Crippen LogP contribution >= 0.6 is 0 Å². The van der Waals surface area contributed by atoms with Gasteiger partial charge in [0.15, 0.2) is 42.8 Å². The molecule has 23 atom stereocenters. The van der Waals surface area contributed by atoms with Gasteiger partial charge in [0.2, 0.25) is 35.4 Å². The summed E-state index contributed by atoms with van der Waals surface area (Å²) in [5, 5.41) is 121. The van der Waals surface area contributed by atoms with E-state index in [9.17, 15) is 113 Å². The maximum atomic E-state index is 14.6. The van der Waals surface area contributed by atoms with Gasteiger partial charge in [0.25, 0.3) is 11.8 Å². The summed E-state index contributed by atoms with van der Waals surface area (Å²) in [5.41, 5.74) is -1.13. The summed E-state index contributed by atoms with van der Waals surface area (Å²) < 4.78 is 90.5. The van der Waals surface area contributed by atoms with Crippen LogP contribution in [0.3, 0.4) is 0 Å². The Morgan fingerprint density at radius 3 is 1.34 bits per heavy atom. The molecule has 47 heteroatoms. The van der Waals surface area contributed by atoms with Crippen molar-refractivity contribution < 1.29 is 189 Å². The third-order valence-electron chi connectivity index (χ3n) is 24.0. The lowest BCUT2D eigenvalue weighted by molar-refractivity contribution is -0.290. The molecule has 17 N–H and O–H groups in total. The lowest BCUT2D eigenvalue weighted by Crippen LogP contribution is -2.64. The number of hydrogen-bond donors (Lipinski definition) is 17. The van der Waals surface area contributed by atoms with Crippen molar-refractivity contribution in [1.82, 2.24) is 42.1 Å². The van der Waals surface area contributed by atoms with Crippen LogP contribution in [0.1, 0.15) is 166 Å². The van der Waals surface area contributed by atoms with E-state index in [-0.39, 0.29) is 205 Å². The van der Waals surface area contributed by atoms with Gasteiger partial charge in [0.05, 0.1) is 116 Å². The molecule has 0 spiro atoms. The Bertz CT molecular complexity index is 4250. The molecule has 0 saturated carbocycles. The highest BCUT2D eigenvalue weighted by Crippen LogP contribution is 2.46. The van der Waals surface area contributed by atoms with Gasteiger partial charge >= 0.3 is 17.9 Å². The van der Waals surface area contributed by atoms with Crippen LogP contribution in [-0.4, -0.2) is 401 Å². The van der Waals surface area contributed by atoms with Gasteiger partial charge in [-0.2, -0.15) is 0 Å². The number of aliphatic hydroxyl groups excluding tert-OH is 10. The van der Waals surface area contributed by atoms with Gasteiger partial charge in [-0.1, -0.05) is 39.8 Å². The summed E-state index contributed by atoms with van der Waals surface area (Å²) in [6.45, 7) is 9.05.